The number of carbonyl (C=O) groups excluding carboxylic acids is 4. The molecule has 0 saturated heterocycles. The van der Waals surface area contributed by atoms with Crippen molar-refractivity contribution in [2.45, 2.75) is 19.4 Å². The van der Waals surface area contributed by atoms with Crippen molar-refractivity contribution >= 4 is 46.5 Å². The highest BCUT2D eigenvalue weighted by Crippen LogP contribution is 2.30. The number of amides is 1. The summed E-state index contributed by atoms with van der Waals surface area (Å²) >= 11 is 1.78. The van der Waals surface area contributed by atoms with Gasteiger partial charge in [0.1, 0.15) is 23.2 Å². The number of benzene rings is 1. The number of rotatable bonds is 7. The smallest absolute Gasteiger partial charge is 0.342 e. The summed E-state index contributed by atoms with van der Waals surface area (Å²) in [5, 5.41) is 21.5. The standard InChI is InChI=1S/C18H16INO8/c1-8(28-18(26)9-4-11(19)14(23)6-13(9)22)3-10-16(25)12(20-7-21)5-15(24)17(10)27-2/h4-8,22-23H,3H2,1-2H3,(H,20,21). The zero-order valence-corrected chi connectivity index (χ0v) is 17.0. The van der Waals surface area contributed by atoms with Crippen LogP contribution in [0.25, 0.3) is 0 Å². The van der Waals surface area contributed by atoms with E-state index in [9.17, 15) is 29.4 Å². The SMILES string of the molecule is COC1=C(CC(C)OC(=O)c2cc(I)c(O)cc2O)C(=O)C(NC=O)=CC1=O. The summed E-state index contributed by atoms with van der Waals surface area (Å²) in [5.41, 5.74) is -0.423. The van der Waals surface area contributed by atoms with E-state index in [-0.39, 0.29) is 41.2 Å². The largest absolute Gasteiger partial charge is 0.507 e. The Morgan fingerprint density at radius 1 is 1.29 bits per heavy atom. The summed E-state index contributed by atoms with van der Waals surface area (Å²) in [4.78, 5) is 47.5. The van der Waals surface area contributed by atoms with Crippen molar-refractivity contribution in [3.05, 3.63) is 44.4 Å². The molecule has 0 aliphatic heterocycles. The number of allylic oxidation sites excluding steroid dienone is 2. The highest BCUT2D eigenvalue weighted by Gasteiger charge is 2.31. The van der Waals surface area contributed by atoms with Crippen molar-refractivity contribution in [2.24, 2.45) is 0 Å². The fraction of sp³-hybridized carbons (Fsp3) is 0.222. The maximum absolute atomic E-state index is 12.5. The van der Waals surface area contributed by atoms with Crippen LogP contribution >= 0.6 is 22.6 Å². The van der Waals surface area contributed by atoms with Gasteiger partial charge in [0.15, 0.2) is 5.76 Å². The van der Waals surface area contributed by atoms with E-state index in [0.29, 0.717) is 3.57 Å². The second-order valence-corrected chi connectivity index (χ2v) is 6.93. The lowest BCUT2D eigenvalue weighted by Gasteiger charge is -2.20. The average Bonchev–Trinajstić information content (AvgIpc) is 2.62. The number of hydrogen-bond donors (Lipinski definition) is 3. The molecule has 1 atom stereocenters. The minimum Gasteiger partial charge on any atom is -0.507 e. The Morgan fingerprint density at radius 3 is 2.57 bits per heavy atom. The Labute approximate surface area is 173 Å². The first-order valence-electron chi connectivity index (χ1n) is 7.90. The molecule has 1 aromatic carbocycles. The minimum atomic E-state index is -0.876. The number of ether oxygens (including phenoxy) is 2. The predicted molar refractivity (Wildman–Crippen MR) is 103 cm³/mol. The van der Waals surface area contributed by atoms with Gasteiger partial charge < -0.3 is 25.0 Å². The quantitative estimate of drug-likeness (QED) is 0.220. The molecule has 0 spiro atoms. The lowest BCUT2D eigenvalue weighted by atomic mass is 9.94. The Bertz CT molecular complexity index is 918. The summed E-state index contributed by atoms with van der Waals surface area (Å²) in [6, 6.07) is 2.27. The molecule has 1 aromatic rings. The van der Waals surface area contributed by atoms with E-state index in [1.165, 1.54) is 20.1 Å². The molecule has 0 aromatic heterocycles. The van der Waals surface area contributed by atoms with Gasteiger partial charge in [-0.05, 0) is 35.6 Å². The molecule has 1 aliphatic rings. The number of esters is 1. The lowest BCUT2D eigenvalue weighted by molar-refractivity contribution is -0.119. The summed E-state index contributed by atoms with van der Waals surface area (Å²) in [6.45, 7) is 1.49. The first kappa shape index (κ1) is 21.4. The van der Waals surface area contributed by atoms with E-state index in [1.54, 1.807) is 22.6 Å². The molecule has 1 aliphatic carbocycles. The highest BCUT2D eigenvalue weighted by atomic mass is 127. The molecule has 0 heterocycles. The fourth-order valence-corrected chi connectivity index (χ4v) is 3.01. The Morgan fingerprint density at radius 2 is 1.96 bits per heavy atom. The zero-order valence-electron chi connectivity index (χ0n) is 14.8. The third-order valence-corrected chi connectivity index (χ3v) is 4.66. The third-order valence-electron chi connectivity index (χ3n) is 3.80. The van der Waals surface area contributed by atoms with E-state index in [2.05, 4.69) is 5.32 Å². The van der Waals surface area contributed by atoms with Gasteiger partial charge in [0.05, 0.1) is 22.0 Å². The Balaban J connectivity index is 2.21. The lowest BCUT2D eigenvalue weighted by Crippen LogP contribution is -2.30. The van der Waals surface area contributed by atoms with Gasteiger partial charge in [0, 0.05) is 18.6 Å². The summed E-state index contributed by atoms with van der Waals surface area (Å²) in [7, 11) is 1.22. The predicted octanol–water partition coefficient (Wildman–Crippen LogP) is 1.32. The van der Waals surface area contributed by atoms with Crippen LogP contribution in [0.3, 0.4) is 0 Å². The number of hydrogen-bond acceptors (Lipinski definition) is 8. The van der Waals surface area contributed by atoms with Crippen LogP contribution in [-0.2, 0) is 23.9 Å². The number of halogens is 1. The van der Waals surface area contributed by atoms with Gasteiger partial charge >= 0.3 is 5.97 Å². The Kier molecular flexibility index (Phi) is 6.78. The molecule has 10 heteroatoms. The normalized spacial score (nSPS) is 15.0. The number of carbonyl (C=O) groups is 4. The highest BCUT2D eigenvalue weighted by molar-refractivity contribution is 14.1. The molecule has 1 unspecified atom stereocenters. The maximum Gasteiger partial charge on any atom is 0.342 e. The van der Waals surface area contributed by atoms with Crippen LogP contribution in [0.4, 0.5) is 0 Å². The van der Waals surface area contributed by atoms with Gasteiger partial charge in [-0.1, -0.05) is 0 Å². The maximum atomic E-state index is 12.5. The van der Waals surface area contributed by atoms with Crippen molar-refractivity contribution < 1.29 is 38.9 Å². The van der Waals surface area contributed by atoms with E-state index in [4.69, 9.17) is 9.47 Å². The molecule has 0 saturated carbocycles. The zero-order chi connectivity index (χ0) is 21.0. The summed E-state index contributed by atoms with van der Waals surface area (Å²) in [5.74, 6) is -2.97. The molecule has 28 heavy (non-hydrogen) atoms. The fourth-order valence-electron chi connectivity index (χ4n) is 2.55. The second kappa shape index (κ2) is 8.87. The number of methoxy groups -OCH3 is 1. The first-order chi connectivity index (χ1) is 13.2. The number of phenols is 2. The van der Waals surface area contributed by atoms with Gasteiger partial charge in [-0.3, -0.25) is 14.4 Å². The van der Waals surface area contributed by atoms with E-state index in [0.717, 1.165) is 12.1 Å². The average molecular weight is 501 g/mol. The van der Waals surface area contributed by atoms with Crippen LogP contribution in [0.5, 0.6) is 11.5 Å². The van der Waals surface area contributed by atoms with Gasteiger partial charge in [-0.2, -0.15) is 0 Å². The molecule has 0 fully saturated rings. The number of aromatic hydroxyl groups is 2. The van der Waals surface area contributed by atoms with Crippen LogP contribution in [0.2, 0.25) is 0 Å². The van der Waals surface area contributed by atoms with E-state index >= 15 is 0 Å². The summed E-state index contributed by atoms with van der Waals surface area (Å²) in [6.07, 6.45) is 0.190. The number of phenolic OH excluding ortho intramolecular Hbond substituents is 2. The first-order valence-corrected chi connectivity index (χ1v) is 8.98. The minimum absolute atomic E-state index is 0.0517. The molecular weight excluding hydrogens is 485 g/mol. The third kappa shape index (κ3) is 4.50. The molecule has 148 valence electrons. The van der Waals surface area contributed by atoms with Crippen molar-refractivity contribution in [3.63, 3.8) is 0 Å². The van der Waals surface area contributed by atoms with Gasteiger partial charge in [-0.25, -0.2) is 4.79 Å². The van der Waals surface area contributed by atoms with Crippen LogP contribution in [0.1, 0.15) is 23.7 Å². The second-order valence-electron chi connectivity index (χ2n) is 5.77. The van der Waals surface area contributed by atoms with Gasteiger partial charge in [0.2, 0.25) is 18.0 Å². The molecular formula is C18H16INO8. The van der Waals surface area contributed by atoms with Crippen molar-refractivity contribution in [2.75, 3.05) is 7.11 Å². The number of nitrogens with one attached hydrogen (secondary N) is 1. The topological polar surface area (TPSA) is 139 Å². The molecule has 1 amide bonds. The molecule has 2 rings (SSSR count). The molecule has 9 nitrogen and oxygen atoms in total. The number of Topliss-reactive ketones (excluding diaryl/α,β-unsaturated/α-hetero) is 1. The van der Waals surface area contributed by atoms with Crippen LogP contribution in [-0.4, -0.2) is 47.4 Å². The van der Waals surface area contributed by atoms with Crippen LogP contribution < -0.4 is 5.32 Å². The molecule has 0 bridgehead atoms. The van der Waals surface area contributed by atoms with E-state index < -0.39 is 29.4 Å². The molecule has 3 N–H and O–H groups in total. The van der Waals surface area contributed by atoms with Crippen molar-refractivity contribution in [1.29, 1.82) is 0 Å². The van der Waals surface area contributed by atoms with Gasteiger partial charge in [0.25, 0.3) is 0 Å². The van der Waals surface area contributed by atoms with Crippen molar-refractivity contribution in [3.8, 4) is 11.5 Å². The van der Waals surface area contributed by atoms with E-state index in [1.807, 2.05) is 0 Å². The number of ketones is 2. The summed E-state index contributed by atoms with van der Waals surface area (Å²) < 4.78 is 10.6. The van der Waals surface area contributed by atoms with Crippen LogP contribution in [0, 0.1) is 3.57 Å². The monoisotopic (exact) mass is 501 g/mol. The molecule has 0 radical (unpaired) electrons. The Hall–Kier alpha value is -2.89. The van der Waals surface area contributed by atoms with Crippen LogP contribution in [0.15, 0.2) is 35.2 Å². The van der Waals surface area contributed by atoms with Gasteiger partial charge in [-0.15, -0.1) is 0 Å². The van der Waals surface area contributed by atoms with Crippen molar-refractivity contribution in [1.82, 2.24) is 5.32 Å².